The van der Waals surface area contributed by atoms with E-state index in [1.807, 2.05) is 13.0 Å². The lowest BCUT2D eigenvalue weighted by Crippen LogP contribution is -2.34. The number of ketones is 1. The van der Waals surface area contributed by atoms with Gasteiger partial charge in [0.1, 0.15) is 12.4 Å². The van der Waals surface area contributed by atoms with Gasteiger partial charge in [0, 0.05) is 24.6 Å². The van der Waals surface area contributed by atoms with Crippen molar-refractivity contribution in [3.05, 3.63) is 35.2 Å². The molecule has 9 nitrogen and oxygen atoms in total. The van der Waals surface area contributed by atoms with Gasteiger partial charge in [-0.15, -0.1) is 0 Å². The van der Waals surface area contributed by atoms with Gasteiger partial charge >= 0.3 is 0 Å². The van der Waals surface area contributed by atoms with Crippen LogP contribution in [0.4, 0.5) is 5.95 Å². The van der Waals surface area contributed by atoms with Gasteiger partial charge in [-0.25, -0.2) is 0 Å². The van der Waals surface area contributed by atoms with Crippen LogP contribution in [0.15, 0.2) is 22.7 Å². The van der Waals surface area contributed by atoms with Gasteiger partial charge in [-0.05, 0) is 80.3 Å². The lowest BCUT2D eigenvalue weighted by atomic mass is 9.92. The summed E-state index contributed by atoms with van der Waals surface area (Å²) in [5.41, 5.74) is 1.27. The summed E-state index contributed by atoms with van der Waals surface area (Å²) in [7, 11) is 0. The van der Waals surface area contributed by atoms with E-state index in [1.54, 1.807) is 12.1 Å². The molecule has 1 aromatic heterocycles. The van der Waals surface area contributed by atoms with Crippen molar-refractivity contribution < 1.29 is 24.0 Å². The molecule has 0 bridgehead atoms. The van der Waals surface area contributed by atoms with Crippen LogP contribution in [0.25, 0.3) is 0 Å². The Balaban J connectivity index is 1.15. The van der Waals surface area contributed by atoms with Gasteiger partial charge in [-0.2, -0.15) is 4.98 Å². The topological polar surface area (TPSA) is 118 Å². The van der Waals surface area contributed by atoms with Crippen molar-refractivity contribution in [2.24, 2.45) is 5.92 Å². The number of ether oxygens (including phenoxy) is 1. The van der Waals surface area contributed by atoms with E-state index in [-0.39, 0.29) is 12.5 Å². The summed E-state index contributed by atoms with van der Waals surface area (Å²) in [5.74, 6) is 2.66. The van der Waals surface area contributed by atoms with E-state index in [0.717, 1.165) is 61.9 Å². The highest BCUT2D eigenvalue weighted by atomic mass is 16.5. The molecule has 1 aliphatic heterocycles. The van der Waals surface area contributed by atoms with Crippen LogP contribution in [0.5, 0.6) is 5.75 Å². The van der Waals surface area contributed by atoms with Crippen LogP contribution in [-0.4, -0.2) is 59.8 Å². The highest BCUT2D eigenvalue weighted by molar-refractivity contribution is 5.98. The molecule has 1 aliphatic carbocycles. The van der Waals surface area contributed by atoms with Gasteiger partial charge in [-0.1, -0.05) is 12.8 Å². The quantitative estimate of drug-likeness (QED) is 0.466. The lowest BCUT2D eigenvalue weighted by molar-refractivity contribution is -0.120. The second-order valence-corrected chi connectivity index (χ2v) is 9.69. The average molecular weight is 485 g/mol. The number of nitrogens with one attached hydrogen (secondary N) is 1. The number of Topliss-reactive ketones (excluding diaryl/α,β-unsaturated/α-hetero) is 1. The van der Waals surface area contributed by atoms with Crippen molar-refractivity contribution in [1.29, 1.82) is 0 Å². The molecule has 35 heavy (non-hydrogen) atoms. The Morgan fingerprint density at radius 3 is 2.69 bits per heavy atom. The zero-order chi connectivity index (χ0) is 24.6. The Bertz CT molecular complexity index is 993. The van der Waals surface area contributed by atoms with E-state index in [2.05, 4.69) is 20.4 Å². The smallest absolute Gasteiger partial charge is 0.266 e. The van der Waals surface area contributed by atoms with Crippen molar-refractivity contribution in [2.75, 3.05) is 37.7 Å². The van der Waals surface area contributed by atoms with Gasteiger partial charge in [0.2, 0.25) is 5.89 Å². The van der Waals surface area contributed by atoms with Crippen molar-refractivity contribution in [3.63, 3.8) is 0 Å². The average Bonchev–Trinajstić information content (AvgIpc) is 3.58. The number of aliphatic hydroxyl groups is 1. The van der Waals surface area contributed by atoms with Crippen molar-refractivity contribution >= 4 is 17.6 Å². The first kappa shape index (κ1) is 25.2. The maximum atomic E-state index is 12.2. The number of carbonyl (C=O) groups excluding carboxylic acids is 2. The van der Waals surface area contributed by atoms with Crippen molar-refractivity contribution in [3.8, 4) is 5.75 Å². The molecule has 2 N–H and O–H groups in total. The van der Waals surface area contributed by atoms with E-state index in [4.69, 9.17) is 14.4 Å². The van der Waals surface area contributed by atoms with Crippen LogP contribution < -0.4 is 15.0 Å². The predicted octanol–water partition coefficient (Wildman–Crippen LogP) is 3.40. The molecule has 1 saturated carbocycles. The number of hydrogen-bond acceptors (Lipinski definition) is 8. The molecule has 190 valence electrons. The van der Waals surface area contributed by atoms with Crippen LogP contribution in [0, 0.1) is 12.8 Å². The number of amides is 1. The SMILES string of the molecule is Cc1cc(OCCCC2CCN(c3noc(C4CCCC4)n3)CC2)ccc1C(=O)NCC(=O)CO. The summed E-state index contributed by atoms with van der Waals surface area (Å²) in [6, 6.07) is 5.32. The molecule has 0 spiro atoms. The molecule has 9 heteroatoms. The number of carbonyl (C=O) groups is 2. The van der Waals surface area contributed by atoms with E-state index in [9.17, 15) is 9.59 Å². The molecule has 1 amide bonds. The number of aromatic nitrogens is 2. The lowest BCUT2D eigenvalue weighted by Gasteiger charge is -2.30. The first-order chi connectivity index (χ1) is 17.0. The molecular formula is C26H36N4O5. The maximum absolute atomic E-state index is 12.2. The maximum Gasteiger partial charge on any atom is 0.266 e. The zero-order valence-corrected chi connectivity index (χ0v) is 20.5. The second-order valence-electron chi connectivity index (χ2n) is 9.69. The second kappa shape index (κ2) is 12.2. The minimum Gasteiger partial charge on any atom is -0.494 e. The zero-order valence-electron chi connectivity index (χ0n) is 20.5. The van der Waals surface area contributed by atoms with Gasteiger partial charge in [-0.3, -0.25) is 9.59 Å². The van der Waals surface area contributed by atoms with Crippen LogP contribution in [-0.2, 0) is 4.79 Å². The molecule has 4 rings (SSSR count). The summed E-state index contributed by atoms with van der Waals surface area (Å²) < 4.78 is 11.4. The van der Waals surface area contributed by atoms with E-state index in [1.165, 1.54) is 25.7 Å². The van der Waals surface area contributed by atoms with Crippen LogP contribution in [0.1, 0.15) is 79.1 Å². The minimum atomic E-state index is -0.578. The highest BCUT2D eigenvalue weighted by Gasteiger charge is 2.26. The van der Waals surface area contributed by atoms with Gasteiger partial charge in [0.05, 0.1) is 13.2 Å². The molecule has 2 fully saturated rings. The first-order valence-electron chi connectivity index (χ1n) is 12.8. The molecule has 2 aliphatic rings. The number of anilines is 1. The van der Waals surface area contributed by atoms with Crippen LogP contribution in [0.2, 0.25) is 0 Å². The Labute approximate surface area is 206 Å². The third-order valence-electron chi connectivity index (χ3n) is 7.12. The number of nitrogens with zero attached hydrogens (tertiary/aromatic N) is 3. The Kier molecular flexibility index (Phi) is 8.74. The largest absolute Gasteiger partial charge is 0.494 e. The fourth-order valence-electron chi connectivity index (χ4n) is 4.99. The number of aryl methyl sites for hydroxylation is 1. The third-order valence-corrected chi connectivity index (χ3v) is 7.12. The fraction of sp³-hybridized carbons (Fsp3) is 0.615. The third kappa shape index (κ3) is 6.81. The van der Waals surface area contributed by atoms with Gasteiger partial charge in [0.25, 0.3) is 11.9 Å². The molecule has 0 radical (unpaired) electrons. The molecule has 2 aromatic rings. The molecule has 0 atom stereocenters. The highest BCUT2D eigenvalue weighted by Crippen LogP contribution is 2.34. The number of rotatable bonds is 11. The monoisotopic (exact) mass is 484 g/mol. The van der Waals surface area contributed by atoms with Crippen LogP contribution in [0.3, 0.4) is 0 Å². The summed E-state index contributed by atoms with van der Waals surface area (Å²) in [4.78, 5) is 30.3. The predicted molar refractivity (Wildman–Crippen MR) is 131 cm³/mol. The Morgan fingerprint density at radius 2 is 1.97 bits per heavy atom. The van der Waals surface area contributed by atoms with E-state index < -0.39 is 12.4 Å². The minimum absolute atomic E-state index is 0.178. The summed E-state index contributed by atoms with van der Waals surface area (Å²) in [6.45, 7) is 3.63. The molecule has 2 heterocycles. The normalized spacial score (nSPS) is 17.0. The van der Waals surface area contributed by atoms with E-state index >= 15 is 0 Å². The summed E-state index contributed by atoms with van der Waals surface area (Å²) in [5, 5.41) is 15.5. The van der Waals surface area contributed by atoms with Crippen LogP contribution >= 0.6 is 0 Å². The fourth-order valence-corrected chi connectivity index (χ4v) is 4.99. The van der Waals surface area contributed by atoms with E-state index in [0.29, 0.717) is 24.0 Å². The van der Waals surface area contributed by atoms with Gasteiger partial charge in [0.15, 0.2) is 5.78 Å². The summed E-state index contributed by atoms with van der Waals surface area (Å²) in [6.07, 6.45) is 9.18. The number of hydrogen-bond donors (Lipinski definition) is 2. The molecule has 1 saturated heterocycles. The Hall–Kier alpha value is -2.94. The standard InChI is InChI=1S/C26H36N4O5/c1-18-15-22(8-9-23(18)24(33)27-16-21(32)17-31)34-14-4-5-19-10-12-30(13-11-19)26-28-25(35-29-26)20-6-2-3-7-20/h8-9,15,19-20,31H,2-7,10-14,16-17H2,1H3,(H,27,33). The van der Waals surface area contributed by atoms with Gasteiger partial charge < -0.3 is 24.6 Å². The van der Waals surface area contributed by atoms with Crippen molar-refractivity contribution in [1.82, 2.24) is 15.5 Å². The number of piperidine rings is 1. The number of aliphatic hydroxyl groups excluding tert-OH is 1. The molecule has 1 aromatic carbocycles. The molecule has 0 unspecified atom stereocenters. The number of benzene rings is 1. The van der Waals surface area contributed by atoms with Crippen molar-refractivity contribution in [2.45, 2.75) is 64.2 Å². The summed E-state index contributed by atoms with van der Waals surface area (Å²) >= 11 is 0. The first-order valence-corrected chi connectivity index (χ1v) is 12.8. The Morgan fingerprint density at radius 1 is 1.20 bits per heavy atom. The molecular weight excluding hydrogens is 448 g/mol.